The zero-order valence-corrected chi connectivity index (χ0v) is 28.6. The summed E-state index contributed by atoms with van der Waals surface area (Å²) in [6.07, 6.45) is 11.1. The molecular weight excluding hydrogens is 600 g/mol. The standard InChI is InChI=1S/C40H48N4O4/c1-5-6-7-8-9-10-28-11-15-30(16-12-28)33-26-42-37(43-27-33)31-17-13-29(14-18-31)25-35(39(48)41-24-23-36(45)46)44-38(47)32-19-21-34(22-20-32)40(2,3)4/h11-22,26-27,35H,5-10,23-25H2,1-4H3,(H,41,48)(H,44,47)(H,45,46). The number of hydrogen-bond donors (Lipinski definition) is 3. The summed E-state index contributed by atoms with van der Waals surface area (Å²) in [6.45, 7) is 8.50. The number of carbonyl (C=O) groups excluding carboxylic acids is 2. The molecule has 8 heteroatoms. The summed E-state index contributed by atoms with van der Waals surface area (Å²) >= 11 is 0. The van der Waals surface area contributed by atoms with Crippen LogP contribution in [0.5, 0.6) is 0 Å². The van der Waals surface area contributed by atoms with Crippen LogP contribution in [0.1, 0.15) is 93.3 Å². The highest BCUT2D eigenvalue weighted by molar-refractivity contribution is 5.97. The number of aliphatic carboxylic acids is 1. The molecule has 0 saturated heterocycles. The van der Waals surface area contributed by atoms with E-state index in [0.29, 0.717) is 11.4 Å². The van der Waals surface area contributed by atoms with Gasteiger partial charge in [0.05, 0.1) is 6.42 Å². The van der Waals surface area contributed by atoms with Gasteiger partial charge in [0.1, 0.15) is 6.04 Å². The average Bonchev–Trinajstić information content (AvgIpc) is 3.08. The van der Waals surface area contributed by atoms with E-state index in [1.54, 1.807) is 12.1 Å². The third-order valence-electron chi connectivity index (χ3n) is 8.43. The number of aryl methyl sites for hydroxylation is 1. The molecule has 2 amide bonds. The number of nitrogens with one attached hydrogen (secondary N) is 2. The highest BCUT2D eigenvalue weighted by atomic mass is 16.4. The summed E-state index contributed by atoms with van der Waals surface area (Å²) in [5.41, 5.74) is 6.50. The fraction of sp³-hybridized carbons (Fsp3) is 0.375. The first-order valence-electron chi connectivity index (χ1n) is 16.9. The zero-order chi connectivity index (χ0) is 34.5. The smallest absolute Gasteiger partial charge is 0.305 e. The van der Waals surface area contributed by atoms with Crippen LogP contribution in [0.2, 0.25) is 0 Å². The van der Waals surface area contributed by atoms with E-state index in [9.17, 15) is 14.4 Å². The number of carboxylic acid groups (broad SMARTS) is 1. The van der Waals surface area contributed by atoms with Crippen LogP contribution in [-0.2, 0) is 27.8 Å². The third kappa shape index (κ3) is 10.9. The molecule has 0 bridgehead atoms. The van der Waals surface area contributed by atoms with Gasteiger partial charge >= 0.3 is 5.97 Å². The first-order chi connectivity index (χ1) is 23.0. The molecule has 4 aromatic rings. The highest BCUT2D eigenvalue weighted by Gasteiger charge is 2.23. The first-order valence-corrected chi connectivity index (χ1v) is 16.9. The predicted molar refractivity (Wildman–Crippen MR) is 191 cm³/mol. The van der Waals surface area contributed by atoms with Gasteiger partial charge in [-0.05, 0) is 52.6 Å². The van der Waals surface area contributed by atoms with Crippen molar-refractivity contribution in [2.75, 3.05) is 6.54 Å². The van der Waals surface area contributed by atoms with E-state index in [0.717, 1.165) is 34.2 Å². The molecule has 48 heavy (non-hydrogen) atoms. The summed E-state index contributed by atoms with van der Waals surface area (Å²) < 4.78 is 0. The molecular formula is C40H48N4O4. The van der Waals surface area contributed by atoms with E-state index in [1.807, 2.05) is 48.8 Å². The van der Waals surface area contributed by atoms with E-state index in [1.165, 1.54) is 37.7 Å². The second-order valence-corrected chi connectivity index (χ2v) is 13.3. The summed E-state index contributed by atoms with van der Waals surface area (Å²) in [6, 6.07) is 22.6. The minimum Gasteiger partial charge on any atom is -0.481 e. The lowest BCUT2D eigenvalue weighted by atomic mass is 9.86. The fourth-order valence-corrected chi connectivity index (χ4v) is 5.44. The Morgan fingerprint density at radius 2 is 1.35 bits per heavy atom. The Kier molecular flexibility index (Phi) is 13.0. The Labute approximate surface area is 284 Å². The number of carbonyl (C=O) groups is 3. The number of hydrogen-bond acceptors (Lipinski definition) is 5. The van der Waals surface area contributed by atoms with E-state index in [4.69, 9.17) is 5.11 Å². The Morgan fingerprint density at radius 3 is 1.96 bits per heavy atom. The van der Waals surface area contributed by atoms with Crippen LogP contribution in [-0.4, -0.2) is 45.4 Å². The maximum Gasteiger partial charge on any atom is 0.305 e. The van der Waals surface area contributed by atoms with Gasteiger partial charge in [0.25, 0.3) is 5.91 Å². The van der Waals surface area contributed by atoms with Crippen molar-refractivity contribution in [1.29, 1.82) is 0 Å². The normalized spacial score (nSPS) is 11.9. The van der Waals surface area contributed by atoms with Gasteiger partial charge in [-0.1, -0.05) is 114 Å². The van der Waals surface area contributed by atoms with Crippen LogP contribution in [0.4, 0.5) is 0 Å². The molecule has 8 nitrogen and oxygen atoms in total. The summed E-state index contributed by atoms with van der Waals surface area (Å²) in [4.78, 5) is 46.4. The minimum atomic E-state index is -1.01. The quantitative estimate of drug-likeness (QED) is 0.108. The molecule has 1 unspecified atom stereocenters. The molecule has 0 aliphatic heterocycles. The van der Waals surface area contributed by atoms with Crippen LogP contribution >= 0.6 is 0 Å². The lowest BCUT2D eigenvalue weighted by Gasteiger charge is -2.20. The van der Waals surface area contributed by atoms with Crippen LogP contribution in [0.15, 0.2) is 85.2 Å². The molecule has 1 aromatic heterocycles. The maximum absolute atomic E-state index is 13.2. The van der Waals surface area contributed by atoms with Crippen molar-refractivity contribution in [2.24, 2.45) is 0 Å². The number of benzene rings is 3. The van der Waals surface area contributed by atoms with Crippen molar-refractivity contribution in [3.05, 3.63) is 107 Å². The molecule has 0 aliphatic rings. The molecule has 3 N–H and O–H groups in total. The van der Waals surface area contributed by atoms with Gasteiger partial charge in [-0.2, -0.15) is 0 Å². The van der Waals surface area contributed by atoms with Crippen LogP contribution in [0, 0.1) is 0 Å². The van der Waals surface area contributed by atoms with Crippen LogP contribution < -0.4 is 10.6 Å². The average molecular weight is 649 g/mol. The molecule has 4 rings (SSSR count). The largest absolute Gasteiger partial charge is 0.481 e. The molecule has 1 atom stereocenters. The monoisotopic (exact) mass is 648 g/mol. The van der Waals surface area contributed by atoms with Gasteiger partial charge in [0.15, 0.2) is 5.82 Å². The Morgan fingerprint density at radius 1 is 0.750 bits per heavy atom. The Hall–Kier alpha value is -4.85. The lowest BCUT2D eigenvalue weighted by Crippen LogP contribution is -2.48. The van der Waals surface area contributed by atoms with Gasteiger partial charge in [0.2, 0.25) is 5.91 Å². The van der Waals surface area contributed by atoms with Crippen molar-refractivity contribution in [3.63, 3.8) is 0 Å². The maximum atomic E-state index is 13.2. The van der Waals surface area contributed by atoms with Crippen LogP contribution in [0.3, 0.4) is 0 Å². The first kappa shape index (κ1) is 36.0. The molecule has 0 aliphatic carbocycles. The Balaban J connectivity index is 1.40. The number of nitrogens with zero attached hydrogens (tertiary/aromatic N) is 2. The second kappa shape index (κ2) is 17.3. The van der Waals surface area contributed by atoms with E-state index >= 15 is 0 Å². The molecule has 0 saturated carbocycles. The number of carboxylic acids is 1. The lowest BCUT2D eigenvalue weighted by molar-refractivity contribution is -0.137. The number of aromatic nitrogens is 2. The Bertz CT molecular complexity index is 1630. The van der Waals surface area contributed by atoms with Gasteiger partial charge in [-0.25, -0.2) is 9.97 Å². The zero-order valence-electron chi connectivity index (χ0n) is 28.6. The van der Waals surface area contributed by atoms with Crippen molar-refractivity contribution < 1.29 is 19.5 Å². The van der Waals surface area contributed by atoms with Crippen molar-refractivity contribution >= 4 is 17.8 Å². The van der Waals surface area contributed by atoms with E-state index in [2.05, 4.69) is 72.6 Å². The summed E-state index contributed by atoms with van der Waals surface area (Å²) in [5, 5.41) is 14.5. The SMILES string of the molecule is CCCCCCCc1ccc(-c2cnc(-c3ccc(CC(NC(=O)c4ccc(C(C)(C)C)cc4)C(=O)NCCC(=O)O)cc3)nc2)cc1. The molecule has 3 aromatic carbocycles. The minimum absolute atomic E-state index is 0.0314. The van der Waals surface area contributed by atoms with Gasteiger partial charge in [-0.3, -0.25) is 14.4 Å². The van der Waals surface area contributed by atoms with Crippen molar-refractivity contribution in [3.8, 4) is 22.5 Å². The second-order valence-electron chi connectivity index (χ2n) is 13.3. The van der Waals surface area contributed by atoms with Gasteiger partial charge < -0.3 is 15.7 Å². The van der Waals surface area contributed by atoms with Gasteiger partial charge in [0, 0.05) is 42.0 Å². The molecule has 0 radical (unpaired) electrons. The molecule has 0 fully saturated rings. The fourth-order valence-electron chi connectivity index (χ4n) is 5.44. The van der Waals surface area contributed by atoms with Crippen molar-refractivity contribution in [2.45, 2.75) is 90.5 Å². The molecule has 0 spiro atoms. The topological polar surface area (TPSA) is 121 Å². The number of amides is 2. The molecule has 252 valence electrons. The molecule has 1 heterocycles. The van der Waals surface area contributed by atoms with Crippen LogP contribution in [0.25, 0.3) is 22.5 Å². The number of rotatable bonds is 16. The third-order valence-corrected chi connectivity index (χ3v) is 8.43. The predicted octanol–water partition coefficient (Wildman–Crippen LogP) is 7.55. The van der Waals surface area contributed by atoms with Crippen molar-refractivity contribution in [1.82, 2.24) is 20.6 Å². The highest BCUT2D eigenvalue weighted by Crippen LogP contribution is 2.24. The van der Waals surface area contributed by atoms with Gasteiger partial charge in [-0.15, -0.1) is 0 Å². The summed E-state index contributed by atoms with van der Waals surface area (Å²) in [5.74, 6) is -1.25. The number of unbranched alkanes of at least 4 members (excludes halogenated alkanes) is 4. The van der Waals surface area contributed by atoms with E-state index < -0.39 is 17.9 Å². The van der Waals surface area contributed by atoms with E-state index in [-0.39, 0.29) is 30.7 Å². The summed E-state index contributed by atoms with van der Waals surface area (Å²) in [7, 11) is 0.